The van der Waals surface area contributed by atoms with Crippen molar-refractivity contribution >= 4 is 0 Å². The molecule has 1 fully saturated rings. The summed E-state index contributed by atoms with van der Waals surface area (Å²) >= 11 is 0. The van der Waals surface area contributed by atoms with Gasteiger partial charge in [-0.1, -0.05) is 72.6 Å². The van der Waals surface area contributed by atoms with Crippen LogP contribution in [-0.2, 0) is 0 Å². The average Bonchev–Trinajstić information content (AvgIpc) is 2.80. The Labute approximate surface area is 128 Å². The van der Waals surface area contributed by atoms with Crippen LogP contribution in [0.5, 0.6) is 0 Å². The molecule has 1 saturated carbocycles. The summed E-state index contributed by atoms with van der Waals surface area (Å²) in [7, 11) is 0. The van der Waals surface area contributed by atoms with E-state index in [-0.39, 0.29) is 0 Å². The third kappa shape index (κ3) is 6.16. The zero-order valence-corrected chi connectivity index (χ0v) is 14.6. The minimum Gasteiger partial charge on any atom is -0.311 e. The fourth-order valence-electron chi connectivity index (χ4n) is 3.95. The molecule has 20 heavy (non-hydrogen) atoms. The lowest BCUT2D eigenvalue weighted by Gasteiger charge is -2.27. The smallest absolute Gasteiger partial charge is 0.00980 e. The van der Waals surface area contributed by atoms with Crippen molar-refractivity contribution in [2.45, 2.75) is 110 Å². The lowest BCUT2D eigenvalue weighted by atomic mass is 9.92. The number of hydrogen-bond donors (Lipinski definition) is 1. The lowest BCUT2D eigenvalue weighted by molar-refractivity contribution is 0.299. The monoisotopic (exact) mass is 281 g/mol. The van der Waals surface area contributed by atoms with Crippen molar-refractivity contribution in [3.05, 3.63) is 0 Å². The Balaban J connectivity index is 2.37. The first-order valence-electron chi connectivity index (χ1n) is 9.48. The summed E-state index contributed by atoms with van der Waals surface area (Å²) in [5, 5.41) is 4.05. The molecule has 1 rings (SSSR count). The second kappa shape index (κ2) is 10.7. The third-order valence-corrected chi connectivity index (χ3v) is 5.51. The van der Waals surface area contributed by atoms with Crippen LogP contribution < -0.4 is 5.32 Å². The van der Waals surface area contributed by atoms with Gasteiger partial charge in [0, 0.05) is 12.1 Å². The van der Waals surface area contributed by atoms with Crippen molar-refractivity contribution in [3.8, 4) is 0 Å². The highest BCUT2D eigenvalue weighted by molar-refractivity contribution is 4.88. The zero-order valence-electron chi connectivity index (χ0n) is 14.6. The normalized spacial score (nSPS) is 26.6. The van der Waals surface area contributed by atoms with Gasteiger partial charge in [0.25, 0.3) is 0 Å². The molecule has 3 unspecified atom stereocenters. The molecular formula is C19H39N. The molecule has 0 aliphatic heterocycles. The second-order valence-electron chi connectivity index (χ2n) is 7.07. The first-order valence-corrected chi connectivity index (χ1v) is 9.48. The summed E-state index contributed by atoms with van der Waals surface area (Å²) < 4.78 is 0. The fourth-order valence-corrected chi connectivity index (χ4v) is 3.95. The van der Waals surface area contributed by atoms with E-state index in [9.17, 15) is 0 Å². The van der Waals surface area contributed by atoms with Crippen LogP contribution in [0.2, 0.25) is 0 Å². The quantitative estimate of drug-likeness (QED) is 0.463. The molecule has 0 bridgehead atoms. The summed E-state index contributed by atoms with van der Waals surface area (Å²) in [6.45, 7) is 9.46. The van der Waals surface area contributed by atoms with Crippen LogP contribution in [0.3, 0.4) is 0 Å². The molecule has 0 spiro atoms. The van der Waals surface area contributed by atoms with E-state index in [0.29, 0.717) is 0 Å². The Morgan fingerprint density at radius 3 is 1.95 bits per heavy atom. The zero-order chi connectivity index (χ0) is 14.8. The molecule has 1 aliphatic rings. The van der Waals surface area contributed by atoms with Crippen LogP contribution in [-0.4, -0.2) is 12.1 Å². The lowest BCUT2D eigenvalue weighted by Crippen LogP contribution is -2.40. The maximum atomic E-state index is 4.05. The van der Waals surface area contributed by atoms with Crippen LogP contribution in [0.15, 0.2) is 0 Å². The van der Waals surface area contributed by atoms with Gasteiger partial charge in [-0.15, -0.1) is 0 Å². The molecule has 1 nitrogen and oxygen atoms in total. The highest BCUT2D eigenvalue weighted by Gasteiger charge is 2.32. The maximum absolute atomic E-state index is 4.05. The Bertz CT molecular complexity index is 216. The Morgan fingerprint density at radius 1 is 0.900 bits per heavy atom. The molecule has 0 radical (unpaired) electrons. The number of hydrogen-bond acceptors (Lipinski definition) is 1. The molecule has 3 atom stereocenters. The standard InChI is InChI=1S/C19H39N/c1-5-8-10-12-18(13-11-9-6-2)20-19-15-14-17(7-3)16(19)4/h16-20H,5-15H2,1-4H3. The maximum Gasteiger partial charge on any atom is 0.00980 e. The average molecular weight is 282 g/mol. The van der Waals surface area contributed by atoms with Gasteiger partial charge >= 0.3 is 0 Å². The van der Waals surface area contributed by atoms with Gasteiger partial charge in [-0.25, -0.2) is 0 Å². The van der Waals surface area contributed by atoms with Gasteiger partial charge in [0.1, 0.15) is 0 Å². The van der Waals surface area contributed by atoms with Crippen molar-refractivity contribution in [2.24, 2.45) is 11.8 Å². The van der Waals surface area contributed by atoms with Gasteiger partial charge in [-0.3, -0.25) is 0 Å². The van der Waals surface area contributed by atoms with Crippen LogP contribution in [0.4, 0.5) is 0 Å². The predicted molar refractivity (Wildman–Crippen MR) is 91.2 cm³/mol. The Kier molecular flexibility index (Phi) is 9.59. The summed E-state index contributed by atoms with van der Waals surface area (Å²) in [5.74, 6) is 1.86. The van der Waals surface area contributed by atoms with E-state index in [1.807, 2.05) is 0 Å². The van der Waals surface area contributed by atoms with E-state index < -0.39 is 0 Å². The summed E-state index contributed by atoms with van der Waals surface area (Å²) in [4.78, 5) is 0. The van der Waals surface area contributed by atoms with E-state index >= 15 is 0 Å². The van der Waals surface area contributed by atoms with Crippen molar-refractivity contribution in [2.75, 3.05) is 0 Å². The van der Waals surface area contributed by atoms with Gasteiger partial charge in [-0.2, -0.15) is 0 Å². The predicted octanol–water partition coefficient (Wildman–Crippen LogP) is 5.93. The molecule has 120 valence electrons. The molecule has 1 N–H and O–H groups in total. The summed E-state index contributed by atoms with van der Waals surface area (Å²) in [6, 6.07) is 1.59. The molecule has 0 aromatic carbocycles. The molecule has 1 heteroatoms. The molecule has 0 aromatic rings. The van der Waals surface area contributed by atoms with Crippen LogP contribution in [0.1, 0.15) is 98.3 Å². The van der Waals surface area contributed by atoms with Gasteiger partial charge in [0.2, 0.25) is 0 Å². The van der Waals surface area contributed by atoms with Gasteiger partial charge < -0.3 is 5.32 Å². The molecular weight excluding hydrogens is 242 g/mol. The van der Waals surface area contributed by atoms with Gasteiger partial charge in [0.15, 0.2) is 0 Å². The van der Waals surface area contributed by atoms with E-state index in [0.717, 1.165) is 23.9 Å². The topological polar surface area (TPSA) is 12.0 Å². The molecule has 0 saturated heterocycles. The van der Waals surface area contributed by atoms with E-state index in [1.165, 1.54) is 70.6 Å². The van der Waals surface area contributed by atoms with E-state index in [2.05, 4.69) is 33.0 Å². The SMILES string of the molecule is CCCCCC(CCCCC)NC1CCC(CC)C1C. The molecule has 0 amide bonds. The van der Waals surface area contributed by atoms with Crippen LogP contribution in [0, 0.1) is 11.8 Å². The Hall–Kier alpha value is -0.0400. The van der Waals surface area contributed by atoms with Gasteiger partial charge in [-0.05, 0) is 37.5 Å². The number of rotatable bonds is 11. The minimum absolute atomic E-state index is 0.788. The van der Waals surface area contributed by atoms with Crippen molar-refractivity contribution < 1.29 is 0 Å². The Morgan fingerprint density at radius 2 is 1.50 bits per heavy atom. The van der Waals surface area contributed by atoms with E-state index in [4.69, 9.17) is 0 Å². The summed E-state index contributed by atoms with van der Waals surface area (Å²) in [6.07, 6.45) is 15.4. The molecule has 1 aliphatic carbocycles. The summed E-state index contributed by atoms with van der Waals surface area (Å²) in [5.41, 5.74) is 0. The minimum atomic E-state index is 0.788. The van der Waals surface area contributed by atoms with Crippen molar-refractivity contribution in [3.63, 3.8) is 0 Å². The van der Waals surface area contributed by atoms with Gasteiger partial charge in [0.05, 0.1) is 0 Å². The molecule has 0 heterocycles. The van der Waals surface area contributed by atoms with Crippen LogP contribution >= 0.6 is 0 Å². The first-order chi connectivity index (χ1) is 9.72. The van der Waals surface area contributed by atoms with Crippen molar-refractivity contribution in [1.82, 2.24) is 5.32 Å². The molecule has 0 aromatic heterocycles. The number of nitrogens with one attached hydrogen (secondary N) is 1. The highest BCUT2D eigenvalue weighted by Crippen LogP contribution is 2.34. The van der Waals surface area contributed by atoms with E-state index in [1.54, 1.807) is 0 Å². The highest BCUT2D eigenvalue weighted by atomic mass is 15.0. The second-order valence-corrected chi connectivity index (χ2v) is 7.07. The number of unbranched alkanes of at least 4 members (excludes halogenated alkanes) is 4. The third-order valence-electron chi connectivity index (χ3n) is 5.51. The fraction of sp³-hybridized carbons (Fsp3) is 1.00. The van der Waals surface area contributed by atoms with Crippen molar-refractivity contribution in [1.29, 1.82) is 0 Å². The van der Waals surface area contributed by atoms with Crippen LogP contribution in [0.25, 0.3) is 0 Å². The largest absolute Gasteiger partial charge is 0.311 e. The first kappa shape index (κ1) is 18.0.